The van der Waals surface area contributed by atoms with Crippen molar-refractivity contribution in [2.45, 2.75) is 39.0 Å². The predicted molar refractivity (Wildman–Crippen MR) is 120 cm³/mol. The van der Waals surface area contributed by atoms with Crippen molar-refractivity contribution >= 4 is 22.8 Å². The van der Waals surface area contributed by atoms with Crippen molar-refractivity contribution in [3.8, 4) is 11.4 Å². The van der Waals surface area contributed by atoms with Crippen molar-refractivity contribution in [1.82, 2.24) is 14.9 Å². The van der Waals surface area contributed by atoms with E-state index < -0.39 is 0 Å². The molecule has 4 rings (SSSR count). The molecule has 0 bridgehead atoms. The Morgan fingerprint density at radius 1 is 1.22 bits per heavy atom. The molecule has 0 aliphatic carbocycles. The number of rotatable bonds is 7. The number of aromatic nitrogens is 2. The lowest BCUT2D eigenvalue weighted by atomic mass is 9.96. The third-order valence-corrected chi connectivity index (χ3v) is 6.07. The molecule has 3 aromatic rings. The van der Waals surface area contributed by atoms with E-state index in [2.05, 4.69) is 9.97 Å². The van der Waals surface area contributed by atoms with E-state index in [1.807, 2.05) is 23.1 Å². The zero-order chi connectivity index (χ0) is 22.5. The molecule has 2 aromatic heterocycles. The van der Waals surface area contributed by atoms with Crippen molar-refractivity contribution < 1.29 is 18.7 Å². The minimum Gasteiger partial charge on any atom is -0.466 e. The monoisotopic (exact) mass is 437 g/mol. The lowest BCUT2D eigenvalue weighted by Crippen LogP contribution is -2.40. The SMILES string of the molecule is CCOC(=O)C1CCN(C(=O)CCCc2c(-c3ccccn3)[nH]c3ccc(F)cc23)CC1. The minimum atomic E-state index is -0.286. The van der Waals surface area contributed by atoms with Crippen molar-refractivity contribution in [2.24, 2.45) is 5.92 Å². The van der Waals surface area contributed by atoms with Crippen LogP contribution in [0.4, 0.5) is 4.39 Å². The van der Waals surface area contributed by atoms with Gasteiger partial charge in [0.15, 0.2) is 0 Å². The molecule has 1 N–H and O–H groups in total. The van der Waals surface area contributed by atoms with Crippen LogP contribution in [0.2, 0.25) is 0 Å². The maximum Gasteiger partial charge on any atom is 0.309 e. The summed E-state index contributed by atoms with van der Waals surface area (Å²) in [5.41, 5.74) is 3.50. The number of benzene rings is 1. The van der Waals surface area contributed by atoms with Crippen LogP contribution in [0.15, 0.2) is 42.6 Å². The molecule has 6 nitrogen and oxygen atoms in total. The maximum absolute atomic E-state index is 13.9. The number of amides is 1. The molecule has 32 heavy (non-hydrogen) atoms. The van der Waals surface area contributed by atoms with Gasteiger partial charge in [0.05, 0.1) is 23.9 Å². The smallest absolute Gasteiger partial charge is 0.309 e. The summed E-state index contributed by atoms with van der Waals surface area (Å²) in [6.07, 6.45) is 4.73. The molecule has 1 amide bonds. The number of aromatic amines is 1. The molecule has 0 saturated carbocycles. The predicted octanol–water partition coefficient (Wildman–Crippen LogP) is 4.49. The summed E-state index contributed by atoms with van der Waals surface area (Å²) >= 11 is 0. The second-order valence-corrected chi connectivity index (χ2v) is 8.14. The number of hydrogen-bond donors (Lipinski definition) is 1. The molecule has 7 heteroatoms. The second-order valence-electron chi connectivity index (χ2n) is 8.14. The molecule has 1 aliphatic rings. The van der Waals surface area contributed by atoms with Crippen molar-refractivity contribution in [2.75, 3.05) is 19.7 Å². The van der Waals surface area contributed by atoms with Crippen LogP contribution in [-0.2, 0) is 20.7 Å². The van der Waals surface area contributed by atoms with E-state index in [4.69, 9.17) is 4.74 Å². The van der Waals surface area contributed by atoms with Gasteiger partial charge >= 0.3 is 5.97 Å². The van der Waals surface area contributed by atoms with E-state index in [1.165, 1.54) is 12.1 Å². The number of nitrogens with zero attached hydrogens (tertiary/aromatic N) is 2. The normalized spacial score (nSPS) is 14.6. The Labute approximate surface area is 186 Å². The van der Waals surface area contributed by atoms with E-state index in [9.17, 15) is 14.0 Å². The second kappa shape index (κ2) is 9.94. The van der Waals surface area contributed by atoms with Crippen LogP contribution in [0.25, 0.3) is 22.3 Å². The number of likely N-dealkylation sites (tertiary alicyclic amines) is 1. The van der Waals surface area contributed by atoms with Gasteiger partial charge in [0.25, 0.3) is 0 Å². The molecule has 168 valence electrons. The van der Waals surface area contributed by atoms with Gasteiger partial charge in [-0.1, -0.05) is 6.07 Å². The van der Waals surface area contributed by atoms with Gasteiger partial charge < -0.3 is 14.6 Å². The Kier molecular flexibility index (Phi) is 6.83. The average molecular weight is 438 g/mol. The van der Waals surface area contributed by atoms with Crippen LogP contribution < -0.4 is 0 Å². The van der Waals surface area contributed by atoms with Crippen LogP contribution in [0.1, 0.15) is 38.2 Å². The molecule has 1 aromatic carbocycles. The third kappa shape index (κ3) is 4.82. The van der Waals surface area contributed by atoms with Gasteiger partial charge in [-0.2, -0.15) is 0 Å². The molecule has 0 unspecified atom stereocenters. The number of aryl methyl sites for hydroxylation is 1. The number of carbonyl (C=O) groups excluding carboxylic acids is 2. The number of halogens is 1. The number of carbonyl (C=O) groups is 2. The first kappa shape index (κ1) is 22.0. The maximum atomic E-state index is 13.9. The molecule has 1 saturated heterocycles. The first-order valence-electron chi connectivity index (χ1n) is 11.2. The fraction of sp³-hybridized carbons (Fsp3) is 0.400. The van der Waals surface area contributed by atoms with Crippen LogP contribution in [0, 0.1) is 11.7 Å². The highest BCUT2D eigenvalue weighted by Crippen LogP contribution is 2.31. The zero-order valence-electron chi connectivity index (χ0n) is 18.3. The average Bonchev–Trinajstić information content (AvgIpc) is 3.17. The number of piperidine rings is 1. The highest BCUT2D eigenvalue weighted by molar-refractivity contribution is 5.90. The number of H-pyrrole nitrogens is 1. The lowest BCUT2D eigenvalue weighted by molar-refractivity contribution is -0.151. The molecular weight excluding hydrogens is 409 g/mol. The quantitative estimate of drug-likeness (QED) is 0.553. The van der Waals surface area contributed by atoms with E-state index in [1.54, 1.807) is 19.2 Å². The Bertz CT molecular complexity index is 1090. The molecule has 1 aliphatic heterocycles. The standard InChI is InChI=1S/C25H28FN3O3/c1-2-32-25(31)17-11-14-29(15-12-17)23(30)8-5-6-19-20-16-18(26)9-10-21(20)28-24(19)22-7-3-4-13-27-22/h3-4,7,9-10,13,16-17,28H,2,5-6,8,11-12,14-15H2,1H3. The van der Waals surface area contributed by atoms with Gasteiger partial charge in [0.2, 0.25) is 5.91 Å². The number of ether oxygens (including phenoxy) is 1. The van der Waals surface area contributed by atoms with Crippen molar-refractivity contribution in [1.29, 1.82) is 0 Å². The minimum absolute atomic E-state index is 0.0951. The third-order valence-electron chi connectivity index (χ3n) is 6.07. The van der Waals surface area contributed by atoms with Gasteiger partial charge in [-0.25, -0.2) is 4.39 Å². The summed E-state index contributed by atoms with van der Waals surface area (Å²) in [7, 11) is 0. The topological polar surface area (TPSA) is 75.3 Å². The van der Waals surface area contributed by atoms with Crippen molar-refractivity contribution in [3.05, 3.63) is 54.0 Å². The van der Waals surface area contributed by atoms with E-state index in [0.29, 0.717) is 51.8 Å². The Morgan fingerprint density at radius 3 is 2.75 bits per heavy atom. The molecular formula is C25H28FN3O3. The summed E-state index contributed by atoms with van der Waals surface area (Å²) in [6.45, 7) is 3.35. The van der Waals surface area contributed by atoms with Gasteiger partial charge in [-0.15, -0.1) is 0 Å². The number of pyridine rings is 1. The van der Waals surface area contributed by atoms with Gasteiger partial charge in [0.1, 0.15) is 5.82 Å². The first-order chi connectivity index (χ1) is 15.6. The van der Waals surface area contributed by atoms with Gasteiger partial charge in [0, 0.05) is 36.6 Å². The van der Waals surface area contributed by atoms with Crippen molar-refractivity contribution in [3.63, 3.8) is 0 Å². The molecule has 0 spiro atoms. The van der Waals surface area contributed by atoms with Gasteiger partial charge in [-0.3, -0.25) is 14.6 Å². The van der Waals surface area contributed by atoms with Crippen LogP contribution in [-0.4, -0.2) is 46.4 Å². The Balaban J connectivity index is 1.41. The molecule has 3 heterocycles. The Hall–Kier alpha value is -3.22. The van der Waals surface area contributed by atoms with Gasteiger partial charge in [-0.05, 0) is 68.5 Å². The largest absolute Gasteiger partial charge is 0.466 e. The molecule has 0 atom stereocenters. The fourth-order valence-corrected chi connectivity index (χ4v) is 4.41. The zero-order valence-corrected chi connectivity index (χ0v) is 18.3. The van der Waals surface area contributed by atoms with Crippen LogP contribution in [0.3, 0.4) is 0 Å². The summed E-state index contributed by atoms with van der Waals surface area (Å²) in [5, 5.41) is 0.827. The summed E-state index contributed by atoms with van der Waals surface area (Å²) < 4.78 is 19.0. The number of esters is 1. The Morgan fingerprint density at radius 2 is 2.03 bits per heavy atom. The highest BCUT2D eigenvalue weighted by Gasteiger charge is 2.28. The van der Waals surface area contributed by atoms with Crippen LogP contribution >= 0.6 is 0 Å². The molecule has 1 fully saturated rings. The number of fused-ring (bicyclic) bond motifs is 1. The van der Waals surface area contributed by atoms with E-state index in [-0.39, 0.29) is 23.6 Å². The molecule has 0 radical (unpaired) electrons. The number of hydrogen-bond acceptors (Lipinski definition) is 4. The first-order valence-corrected chi connectivity index (χ1v) is 11.2. The summed E-state index contributed by atoms with van der Waals surface area (Å²) in [5.74, 6) is -0.460. The van der Waals surface area contributed by atoms with E-state index >= 15 is 0 Å². The summed E-state index contributed by atoms with van der Waals surface area (Å²) in [4.78, 5) is 34.3. The highest BCUT2D eigenvalue weighted by atomic mass is 19.1. The fourth-order valence-electron chi connectivity index (χ4n) is 4.41. The van der Waals surface area contributed by atoms with E-state index in [0.717, 1.165) is 27.9 Å². The lowest BCUT2D eigenvalue weighted by Gasteiger charge is -2.31. The number of nitrogens with one attached hydrogen (secondary N) is 1. The summed E-state index contributed by atoms with van der Waals surface area (Å²) in [6, 6.07) is 10.4. The van der Waals surface area contributed by atoms with Crippen LogP contribution in [0.5, 0.6) is 0 Å².